The topological polar surface area (TPSA) is 128 Å². The van der Waals surface area contributed by atoms with Gasteiger partial charge < -0.3 is 24.8 Å². The smallest absolute Gasteiger partial charge is 0.166 e. The second-order valence-electron chi connectivity index (χ2n) is 4.12. The standard InChI is InChI=1S/C10H19N3O5/c1-2-3-4-17-9-6(5-14)18-10(16)7(8(9)15)12-13-11/h6-10,14-16H,2-5H2,1H3/t6?,7-,8?,9-,10+/m0/s1. The molecule has 1 aliphatic heterocycles. The number of azide groups is 1. The van der Waals surface area contributed by atoms with Crippen molar-refractivity contribution in [3.8, 4) is 0 Å². The third-order valence-electron chi connectivity index (χ3n) is 2.83. The number of nitrogens with zero attached hydrogens (tertiary/aromatic N) is 3. The Morgan fingerprint density at radius 3 is 2.72 bits per heavy atom. The maximum Gasteiger partial charge on any atom is 0.166 e. The minimum absolute atomic E-state index is 0.395. The SMILES string of the molecule is CCCCO[C@H]1C(CO)O[C@@H](O)[C@@H](N=[N+]=[N-])C1O. The molecule has 0 radical (unpaired) electrons. The molecule has 0 saturated carbocycles. The van der Waals surface area contributed by atoms with Crippen molar-refractivity contribution >= 4 is 0 Å². The summed E-state index contributed by atoms with van der Waals surface area (Å²) in [5, 5.41) is 32.0. The molecule has 0 aromatic carbocycles. The molecule has 3 N–H and O–H groups in total. The van der Waals surface area contributed by atoms with Gasteiger partial charge in [-0.25, -0.2) is 0 Å². The second kappa shape index (κ2) is 7.52. The van der Waals surface area contributed by atoms with Gasteiger partial charge in [0.05, 0.1) is 12.7 Å². The molecule has 5 atom stereocenters. The molecule has 0 amide bonds. The van der Waals surface area contributed by atoms with Crippen LogP contribution in [0.25, 0.3) is 10.4 Å². The Kier molecular flexibility index (Phi) is 6.34. The van der Waals surface area contributed by atoms with Gasteiger partial charge in [0, 0.05) is 11.5 Å². The molecule has 1 rings (SSSR count). The quantitative estimate of drug-likeness (QED) is 0.266. The summed E-state index contributed by atoms with van der Waals surface area (Å²) in [4.78, 5) is 2.55. The van der Waals surface area contributed by atoms with E-state index in [1.807, 2.05) is 6.92 Å². The minimum Gasteiger partial charge on any atom is -0.394 e. The summed E-state index contributed by atoms with van der Waals surface area (Å²) in [5.41, 5.74) is 8.37. The highest BCUT2D eigenvalue weighted by atomic mass is 16.6. The van der Waals surface area contributed by atoms with Gasteiger partial charge in [0.15, 0.2) is 6.29 Å². The van der Waals surface area contributed by atoms with Crippen molar-refractivity contribution in [2.24, 2.45) is 5.11 Å². The van der Waals surface area contributed by atoms with Gasteiger partial charge in [0.25, 0.3) is 0 Å². The number of aliphatic hydroxyl groups excluding tert-OH is 3. The van der Waals surface area contributed by atoms with Crippen LogP contribution in [0.3, 0.4) is 0 Å². The minimum atomic E-state index is -1.45. The lowest BCUT2D eigenvalue weighted by molar-refractivity contribution is -0.258. The first kappa shape index (κ1) is 15.2. The lowest BCUT2D eigenvalue weighted by atomic mass is 9.97. The summed E-state index contributed by atoms with van der Waals surface area (Å²) in [5.74, 6) is 0. The number of rotatable bonds is 6. The molecule has 8 nitrogen and oxygen atoms in total. The monoisotopic (exact) mass is 261 g/mol. The van der Waals surface area contributed by atoms with Crippen LogP contribution in [0.4, 0.5) is 0 Å². The molecule has 1 heterocycles. The fraction of sp³-hybridized carbons (Fsp3) is 1.00. The fourth-order valence-corrected chi connectivity index (χ4v) is 1.82. The molecular weight excluding hydrogens is 242 g/mol. The van der Waals surface area contributed by atoms with Crippen LogP contribution in [0.15, 0.2) is 5.11 Å². The summed E-state index contributed by atoms with van der Waals surface area (Å²) >= 11 is 0. The van der Waals surface area contributed by atoms with Gasteiger partial charge in [0.1, 0.15) is 18.2 Å². The van der Waals surface area contributed by atoms with E-state index < -0.39 is 37.3 Å². The molecule has 0 aromatic heterocycles. The van der Waals surface area contributed by atoms with Gasteiger partial charge >= 0.3 is 0 Å². The van der Waals surface area contributed by atoms with Crippen molar-refractivity contribution < 1.29 is 24.8 Å². The highest BCUT2D eigenvalue weighted by Gasteiger charge is 2.44. The number of ether oxygens (including phenoxy) is 2. The lowest BCUT2D eigenvalue weighted by Gasteiger charge is -2.40. The Morgan fingerprint density at radius 2 is 2.17 bits per heavy atom. The zero-order chi connectivity index (χ0) is 13.5. The van der Waals surface area contributed by atoms with E-state index in [0.29, 0.717) is 6.61 Å². The molecular formula is C10H19N3O5. The second-order valence-corrected chi connectivity index (χ2v) is 4.12. The number of hydrogen-bond donors (Lipinski definition) is 3. The normalized spacial score (nSPS) is 36.1. The van der Waals surface area contributed by atoms with Crippen LogP contribution in [-0.4, -0.2) is 59.2 Å². The third kappa shape index (κ3) is 3.55. The Balaban J connectivity index is 2.72. The predicted octanol–water partition coefficient (Wildman–Crippen LogP) is -0.0790. The van der Waals surface area contributed by atoms with Crippen LogP contribution in [0.5, 0.6) is 0 Å². The van der Waals surface area contributed by atoms with Crippen molar-refractivity contribution in [2.45, 2.75) is 50.4 Å². The van der Waals surface area contributed by atoms with E-state index >= 15 is 0 Å². The zero-order valence-corrected chi connectivity index (χ0v) is 10.2. The summed E-state index contributed by atoms with van der Waals surface area (Å²) in [6.07, 6.45) is -2.58. The average molecular weight is 261 g/mol. The highest BCUT2D eigenvalue weighted by Crippen LogP contribution is 2.24. The Morgan fingerprint density at radius 1 is 1.44 bits per heavy atom. The molecule has 0 aromatic rings. The van der Waals surface area contributed by atoms with E-state index in [0.717, 1.165) is 12.8 Å². The maximum absolute atomic E-state index is 9.99. The predicted molar refractivity (Wildman–Crippen MR) is 61.6 cm³/mol. The van der Waals surface area contributed by atoms with E-state index in [4.69, 9.17) is 20.1 Å². The zero-order valence-electron chi connectivity index (χ0n) is 10.2. The van der Waals surface area contributed by atoms with Gasteiger partial charge in [-0.05, 0) is 12.0 Å². The summed E-state index contributed by atoms with van der Waals surface area (Å²) in [6, 6.07) is -1.13. The van der Waals surface area contributed by atoms with Gasteiger partial charge in [0.2, 0.25) is 0 Å². The molecule has 1 saturated heterocycles. The van der Waals surface area contributed by atoms with Crippen molar-refractivity contribution in [3.63, 3.8) is 0 Å². The number of aliphatic hydroxyl groups is 3. The van der Waals surface area contributed by atoms with Gasteiger partial charge in [-0.3, -0.25) is 0 Å². The van der Waals surface area contributed by atoms with Crippen LogP contribution < -0.4 is 0 Å². The molecule has 104 valence electrons. The van der Waals surface area contributed by atoms with E-state index in [1.54, 1.807) is 0 Å². The average Bonchev–Trinajstić information content (AvgIpc) is 2.36. The first-order chi connectivity index (χ1) is 8.65. The first-order valence-electron chi connectivity index (χ1n) is 5.94. The molecule has 8 heteroatoms. The van der Waals surface area contributed by atoms with Crippen molar-refractivity contribution in [1.29, 1.82) is 0 Å². The first-order valence-corrected chi connectivity index (χ1v) is 5.94. The van der Waals surface area contributed by atoms with Crippen LogP contribution in [-0.2, 0) is 9.47 Å². The fourth-order valence-electron chi connectivity index (χ4n) is 1.82. The molecule has 1 fully saturated rings. The molecule has 2 unspecified atom stereocenters. The lowest BCUT2D eigenvalue weighted by Crippen LogP contribution is -2.58. The summed E-state index contributed by atoms with van der Waals surface area (Å²) in [7, 11) is 0. The summed E-state index contributed by atoms with van der Waals surface area (Å²) in [6.45, 7) is 2.00. The van der Waals surface area contributed by atoms with Crippen LogP contribution in [0, 0.1) is 0 Å². The molecule has 0 aliphatic carbocycles. The van der Waals surface area contributed by atoms with E-state index in [9.17, 15) is 10.2 Å². The largest absolute Gasteiger partial charge is 0.394 e. The molecule has 0 bridgehead atoms. The van der Waals surface area contributed by atoms with Gasteiger partial charge in [-0.2, -0.15) is 0 Å². The van der Waals surface area contributed by atoms with Gasteiger partial charge in [-0.15, -0.1) is 0 Å². The van der Waals surface area contributed by atoms with Crippen molar-refractivity contribution in [2.75, 3.05) is 13.2 Å². The molecule has 18 heavy (non-hydrogen) atoms. The number of unbranched alkanes of at least 4 members (excludes halogenated alkanes) is 1. The summed E-state index contributed by atoms with van der Waals surface area (Å²) < 4.78 is 10.5. The molecule has 1 aliphatic rings. The maximum atomic E-state index is 9.99. The van der Waals surface area contributed by atoms with Crippen LogP contribution in [0.2, 0.25) is 0 Å². The Hall–Kier alpha value is -0.890. The van der Waals surface area contributed by atoms with Crippen molar-refractivity contribution in [3.05, 3.63) is 10.4 Å². The van der Waals surface area contributed by atoms with Gasteiger partial charge in [-0.1, -0.05) is 18.5 Å². The van der Waals surface area contributed by atoms with E-state index in [1.165, 1.54) is 0 Å². The number of hydrogen-bond acceptors (Lipinski definition) is 6. The van der Waals surface area contributed by atoms with Crippen molar-refractivity contribution in [1.82, 2.24) is 0 Å². The molecule has 0 spiro atoms. The van der Waals surface area contributed by atoms with Crippen LogP contribution >= 0.6 is 0 Å². The third-order valence-corrected chi connectivity index (χ3v) is 2.83. The van der Waals surface area contributed by atoms with Crippen LogP contribution in [0.1, 0.15) is 19.8 Å². The highest BCUT2D eigenvalue weighted by molar-refractivity contribution is 4.93. The van der Waals surface area contributed by atoms with E-state index in [-0.39, 0.29) is 0 Å². The van der Waals surface area contributed by atoms with E-state index in [2.05, 4.69) is 10.0 Å². The Labute approximate surface area is 105 Å². The Bertz CT molecular complexity index is 297.